The molecule has 110 valence electrons. The number of likely N-dealkylation sites (tertiary alicyclic amines) is 1. The van der Waals surface area contributed by atoms with E-state index in [1.807, 2.05) is 6.92 Å². The van der Waals surface area contributed by atoms with Gasteiger partial charge < -0.3 is 20.1 Å². The maximum absolute atomic E-state index is 12.1. The first-order chi connectivity index (χ1) is 8.99. The number of nitrogens with one attached hydrogen (secondary N) is 1. The smallest absolute Gasteiger partial charge is 0.326 e. The van der Waals surface area contributed by atoms with E-state index >= 15 is 0 Å². The number of ether oxygens (including phenoxy) is 1. The summed E-state index contributed by atoms with van der Waals surface area (Å²) in [6.45, 7) is 5.15. The van der Waals surface area contributed by atoms with Crippen molar-refractivity contribution in [2.24, 2.45) is 5.92 Å². The van der Waals surface area contributed by atoms with E-state index in [0.29, 0.717) is 25.4 Å². The highest BCUT2D eigenvalue weighted by molar-refractivity contribution is 5.82. The number of methoxy groups -OCH3 is 1. The van der Waals surface area contributed by atoms with Crippen LogP contribution < -0.4 is 5.32 Å². The molecule has 1 aliphatic rings. The van der Waals surface area contributed by atoms with Crippen molar-refractivity contribution >= 4 is 12.0 Å². The van der Waals surface area contributed by atoms with Crippen molar-refractivity contribution in [1.29, 1.82) is 0 Å². The number of carboxylic acids is 1. The van der Waals surface area contributed by atoms with Crippen molar-refractivity contribution in [1.82, 2.24) is 10.2 Å². The minimum absolute atomic E-state index is 0.0222. The molecule has 0 saturated carbocycles. The van der Waals surface area contributed by atoms with Gasteiger partial charge >= 0.3 is 12.0 Å². The fourth-order valence-electron chi connectivity index (χ4n) is 2.31. The topological polar surface area (TPSA) is 78.9 Å². The van der Waals surface area contributed by atoms with E-state index in [1.165, 1.54) is 0 Å². The first kappa shape index (κ1) is 15.8. The monoisotopic (exact) mass is 272 g/mol. The molecule has 6 heteroatoms. The largest absolute Gasteiger partial charge is 0.480 e. The van der Waals surface area contributed by atoms with E-state index in [2.05, 4.69) is 12.2 Å². The number of piperidine rings is 1. The van der Waals surface area contributed by atoms with E-state index in [0.717, 1.165) is 12.8 Å². The molecule has 0 aliphatic carbocycles. The van der Waals surface area contributed by atoms with E-state index in [4.69, 9.17) is 9.84 Å². The molecule has 0 bridgehead atoms. The molecule has 6 nitrogen and oxygen atoms in total. The zero-order valence-electron chi connectivity index (χ0n) is 11.9. The van der Waals surface area contributed by atoms with Crippen LogP contribution in [0.1, 0.15) is 33.1 Å². The van der Waals surface area contributed by atoms with Crippen molar-refractivity contribution in [2.45, 2.75) is 45.3 Å². The summed E-state index contributed by atoms with van der Waals surface area (Å²) in [6, 6.07) is -1.12. The highest BCUT2D eigenvalue weighted by Gasteiger charge is 2.30. The predicted molar refractivity (Wildman–Crippen MR) is 71.0 cm³/mol. The average Bonchev–Trinajstić information content (AvgIpc) is 2.38. The fourth-order valence-corrected chi connectivity index (χ4v) is 2.31. The lowest BCUT2D eigenvalue weighted by Crippen LogP contribution is -2.53. The Bertz CT molecular complexity index is 322. The molecular formula is C13H24N2O4. The summed E-state index contributed by atoms with van der Waals surface area (Å²) in [5.74, 6) is -0.566. The van der Waals surface area contributed by atoms with E-state index in [9.17, 15) is 9.59 Å². The SMILES string of the molecule is CCCC(NC(=O)N1CCC(C)C(OC)C1)C(=O)O. The van der Waals surface area contributed by atoms with Gasteiger partial charge in [-0.2, -0.15) is 0 Å². The first-order valence-corrected chi connectivity index (χ1v) is 6.80. The second-order valence-corrected chi connectivity index (χ2v) is 5.12. The first-order valence-electron chi connectivity index (χ1n) is 6.80. The van der Waals surface area contributed by atoms with Gasteiger partial charge in [-0.05, 0) is 18.8 Å². The van der Waals surface area contributed by atoms with Gasteiger partial charge in [-0.1, -0.05) is 20.3 Å². The van der Waals surface area contributed by atoms with Crippen molar-refractivity contribution in [2.75, 3.05) is 20.2 Å². The lowest BCUT2D eigenvalue weighted by atomic mass is 9.96. The van der Waals surface area contributed by atoms with Crippen LogP contribution in [0.15, 0.2) is 0 Å². The normalized spacial score (nSPS) is 24.9. The van der Waals surface area contributed by atoms with Gasteiger partial charge in [0, 0.05) is 20.2 Å². The van der Waals surface area contributed by atoms with Gasteiger partial charge in [0.15, 0.2) is 0 Å². The molecular weight excluding hydrogens is 248 g/mol. The Balaban J connectivity index is 2.55. The summed E-state index contributed by atoms with van der Waals surface area (Å²) in [5, 5.41) is 11.6. The molecule has 1 fully saturated rings. The standard InChI is InChI=1S/C13H24N2O4/c1-4-5-10(12(16)17)14-13(18)15-7-6-9(2)11(8-15)19-3/h9-11H,4-8H2,1-3H3,(H,14,18)(H,16,17). The molecule has 0 aromatic heterocycles. The Morgan fingerprint density at radius 2 is 2.21 bits per heavy atom. The third-order valence-electron chi connectivity index (χ3n) is 3.65. The fraction of sp³-hybridized carbons (Fsp3) is 0.846. The van der Waals surface area contributed by atoms with Crippen molar-refractivity contribution in [3.05, 3.63) is 0 Å². The van der Waals surface area contributed by atoms with Crippen LogP contribution >= 0.6 is 0 Å². The Labute approximate surface area is 114 Å². The van der Waals surface area contributed by atoms with Crippen LogP contribution in [0, 0.1) is 5.92 Å². The molecule has 0 radical (unpaired) electrons. The van der Waals surface area contributed by atoms with Crippen LogP contribution in [-0.4, -0.2) is 54.4 Å². The van der Waals surface area contributed by atoms with Crippen LogP contribution in [0.3, 0.4) is 0 Å². The molecule has 1 aliphatic heterocycles. The van der Waals surface area contributed by atoms with Crippen LogP contribution in [0.4, 0.5) is 4.79 Å². The van der Waals surface area contributed by atoms with Crippen LogP contribution in [-0.2, 0) is 9.53 Å². The summed E-state index contributed by atoms with van der Waals surface area (Å²) < 4.78 is 5.35. The number of nitrogens with zero attached hydrogens (tertiary/aromatic N) is 1. The van der Waals surface area contributed by atoms with Gasteiger partial charge in [0.1, 0.15) is 6.04 Å². The van der Waals surface area contributed by atoms with Crippen LogP contribution in [0.25, 0.3) is 0 Å². The third kappa shape index (κ3) is 4.38. The van der Waals surface area contributed by atoms with Gasteiger partial charge in [-0.25, -0.2) is 9.59 Å². The summed E-state index contributed by atoms with van der Waals surface area (Å²) in [5.41, 5.74) is 0. The summed E-state index contributed by atoms with van der Waals surface area (Å²) in [7, 11) is 1.64. The molecule has 2 amide bonds. The van der Waals surface area contributed by atoms with Crippen molar-refractivity contribution < 1.29 is 19.4 Å². The second kappa shape index (κ2) is 7.33. The maximum atomic E-state index is 12.1. The minimum atomic E-state index is -0.983. The lowest BCUT2D eigenvalue weighted by molar-refractivity contribution is -0.139. The summed E-state index contributed by atoms with van der Waals surface area (Å²) >= 11 is 0. The van der Waals surface area contributed by atoms with Gasteiger partial charge in [-0.15, -0.1) is 0 Å². The number of hydrogen-bond donors (Lipinski definition) is 2. The molecule has 19 heavy (non-hydrogen) atoms. The van der Waals surface area contributed by atoms with Crippen molar-refractivity contribution in [3.8, 4) is 0 Å². The molecule has 0 aromatic rings. The number of rotatable bonds is 5. The molecule has 2 N–H and O–H groups in total. The van der Waals surface area contributed by atoms with E-state index in [-0.39, 0.29) is 12.1 Å². The lowest BCUT2D eigenvalue weighted by Gasteiger charge is -2.36. The average molecular weight is 272 g/mol. The molecule has 1 saturated heterocycles. The third-order valence-corrected chi connectivity index (χ3v) is 3.65. The number of aliphatic carboxylic acids is 1. The number of carboxylic acid groups (broad SMARTS) is 1. The predicted octanol–water partition coefficient (Wildman–Crippen LogP) is 1.31. The molecule has 0 spiro atoms. The van der Waals surface area contributed by atoms with E-state index < -0.39 is 12.0 Å². The number of amides is 2. The van der Waals surface area contributed by atoms with Crippen molar-refractivity contribution in [3.63, 3.8) is 0 Å². The van der Waals surface area contributed by atoms with E-state index in [1.54, 1.807) is 12.0 Å². The number of hydrogen-bond acceptors (Lipinski definition) is 3. The second-order valence-electron chi connectivity index (χ2n) is 5.12. The Morgan fingerprint density at radius 1 is 1.53 bits per heavy atom. The highest BCUT2D eigenvalue weighted by atomic mass is 16.5. The zero-order chi connectivity index (χ0) is 14.4. The maximum Gasteiger partial charge on any atom is 0.326 e. The zero-order valence-corrected chi connectivity index (χ0v) is 11.9. The Kier molecular flexibility index (Phi) is 6.08. The quantitative estimate of drug-likeness (QED) is 0.791. The number of carbonyl (C=O) groups excluding carboxylic acids is 1. The molecule has 3 unspecified atom stereocenters. The Morgan fingerprint density at radius 3 is 2.74 bits per heavy atom. The van der Waals surface area contributed by atoms with Gasteiger partial charge in [-0.3, -0.25) is 0 Å². The molecule has 1 heterocycles. The summed E-state index contributed by atoms with van der Waals surface area (Å²) in [6.07, 6.45) is 2.06. The number of carbonyl (C=O) groups is 2. The van der Waals surface area contributed by atoms with Gasteiger partial charge in [0.25, 0.3) is 0 Å². The molecule has 1 rings (SSSR count). The minimum Gasteiger partial charge on any atom is -0.480 e. The molecule has 3 atom stereocenters. The van der Waals surface area contributed by atoms with Crippen LogP contribution in [0.5, 0.6) is 0 Å². The van der Waals surface area contributed by atoms with Gasteiger partial charge in [0.05, 0.1) is 6.10 Å². The summed E-state index contributed by atoms with van der Waals surface area (Å²) in [4.78, 5) is 24.7. The highest BCUT2D eigenvalue weighted by Crippen LogP contribution is 2.19. The van der Waals surface area contributed by atoms with Crippen LogP contribution in [0.2, 0.25) is 0 Å². The Hall–Kier alpha value is -1.30. The van der Waals surface area contributed by atoms with Gasteiger partial charge in [0.2, 0.25) is 0 Å². The number of urea groups is 1. The molecule has 0 aromatic carbocycles.